The van der Waals surface area contributed by atoms with E-state index < -0.39 is 0 Å². The summed E-state index contributed by atoms with van der Waals surface area (Å²) < 4.78 is 0. The Labute approximate surface area is 117 Å². The number of para-hydroxylation sites is 1. The zero-order valence-electron chi connectivity index (χ0n) is 12.1. The molecule has 2 fully saturated rings. The van der Waals surface area contributed by atoms with Crippen molar-refractivity contribution < 1.29 is 0 Å². The number of anilines is 1. The SMILES string of the molecule is Cc1cccc(CN)c1N1CCC[C@H]2CCCC[C@H]21. The van der Waals surface area contributed by atoms with Gasteiger partial charge in [-0.1, -0.05) is 31.0 Å². The van der Waals surface area contributed by atoms with Gasteiger partial charge in [-0.05, 0) is 49.7 Å². The van der Waals surface area contributed by atoms with Gasteiger partial charge in [0.05, 0.1) is 0 Å². The number of aryl methyl sites for hydroxylation is 1. The number of nitrogens with zero attached hydrogens (tertiary/aromatic N) is 1. The Kier molecular flexibility index (Phi) is 3.79. The molecule has 0 bridgehead atoms. The van der Waals surface area contributed by atoms with Gasteiger partial charge in [0.15, 0.2) is 0 Å². The zero-order chi connectivity index (χ0) is 13.2. The molecule has 104 valence electrons. The molecule has 2 nitrogen and oxygen atoms in total. The van der Waals surface area contributed by atoms with Crippen molar-refractivity contribution in [3.63, 3.8) is 0 Å². The van der Waals surface area contributed by atoms with Crippen molar-refractivity contribution in [2.45, 2.75) is 58.0 Å². The molecule has 0 aromatic heterocycles. The van der Waals surface area contributed by atoms with Crippen LogP contribution in [-0.4, -0.2) is 12.6 Å². The summed E-state index contributed by atoms with van der Waals surface area (Å²) in [7, 11) is 0. The second-order valence-electron chi connectivity index (χ2n) is 6.23. The molecule has 1 aliphatic heterocycles. The summed E-state index contributed by atoms with van der Waals surface area (Å²) in [4.78, 5) is 2.70. The van der Waals surface area contributed by atoms with E-state index in [2.05, 4.69) is 30.0 Å². The quantitative estimate of drug-likeness (QED) is 0.878. The van der Waals surface area contributed by atoms with Gasteiger partial charge in [-0.2, -0.15) is 0 Å². The predicted octanol–water partition coefficient (Wildman–Crippen LogP) is 3.61. The van der Waals surface area contributed by atoms with E-state index in [0.29, 0.717) is 6.54 Å². The highest BCUT2D eigenvalue weighted by molar-refractivity contribution is 5.60. The third-order valence-corrected chi connectivity index (χ3v) is 5.07. The second kappa shape index (κ2) is 5.54. The van der Waals surface area contributed by atoms with Gasteiger partial charge in [-0.3, -0.25) is 0 Å². The number of rotatable bonds is 2. The summed E-state index contributed by atoms with van der Waals surface area (Å²) in [6.45, 7) is 4.12. The molecule has 1 aromatic rings. The van der Waals surface area contributed by atoms with Crippen LogP contribution in [0.2, 0.25) is 0 Å². The third kappa shape index (κ3) is 2.38. The Morgan fingerprint density at radius 1 is 1.16 bits per heavy atom. The summed E-state index contributed by atoms with van der Waals surface area (Å²) in [5, 5.41) is 0. The van der Waals surface area contributed by atoms with Crippen LogP contribution in [0.3, 0.4) is 0 Å². The van der Waals surface area contributed by atoms with Gasteiger partial charge in [0, 0.05) is 24.8 Å². The van der Waals surface area contributed by atoms with E-state index in [0.717, 1.165) is 12.0 Å². The van der Waals surface area contributed by atoms with Crippen molar-refractivity contribution >= 4 is 5.69 Å². The summed E-state index contributed by atoms with van der Waals surface area (Å²) in [5.41, 5.74) is 10.1. The molecule has 2 aliphatic rings. The fourth-order valence-corrected chi connectivity index (χ4v) is 4.20. The molecule has 19 heavy (non-hydrogen) atoms. The van der Waals surface area contributed by atoms with Gasteiger partial charge in [0.25, 0.3) is 0 Å². The second-order valence-corrected chi connectivity index (χ2v) is 6.23. The molecule has 0 unspecified atom stereocenters. The van der Waals surface area contributed by atoms with Crippen molar-refractivity contribution in [3.8, 4) is 0 Å². The number of hydrogen-bond acceptors (Lipinski definition) is 2. The molecule has 1 heterocycles. The molecule has 2 atom stereocenters. The predicted molar refractivity (Wildman–Crippen MR) is 81.4 cm³/mol. The first-order valence-electron chi connectivity index (χ1n) is 7.86. The third-order valence-electron chi connectivity index (χ3n) is 5.07. The zero-order valence-corrected chi connectivity index (χ0v) is 12.1. The van der Waals surface area contributed by atoms with Crippen LogP contribution in [0.25, 0.3) is 0 Å². The lowest BCUT2D eigenvalue weighted by Crippen LogP contribution is -2.47. The minimum Gasteiger partial charge on any atom is -0.368 e. The van der Waals surface area contributed by atoms with Gasteiger partial charge >= 0.3 is 0 Å². The van der Waals surface area contributed by atoms with Crippen LogP contribution in [0, 0.1) is 12.8 Å². The van der Waals surface area contributed by atoms with E-state index in [9.17, 15) is 0 Å². The number of nitrogens with two attached hydrogens (primary N) is 1. The van der Waals surface area contributed by atoms with E-state index in [-0.39, 0.29) is 0 Å². The Bertz CT molecular complexity index is 439. The van der Waals surface area contributed by atoms with Crippen LogP contribution in [0.1, 0.15) is 49.7 Å². The first-order valence-corrected chi connectivity index (χ1v) is 7.86. The first-order chi connectivity index (χ1) is 9.31. The monoisotopic (exact) mass is 258 g/mol. The van der Waals surface area contributed by atoms with Crippen LogP contribution in [0.4, 0.5) is 5.69 Å². The van der Waals surface area contributed by atoms with Crippen LogP contribution in [0.15, 0.2) is 18.2 Å². The summed E-state index contributed by atoms with van der Waals surface area (Å²) >= 11 is 0. The van der Waals surface area contributed by atoms with Crippen molar-refractivity contribution in [3.05, 3.63) is 29.3 Å². The molecule has 2 heteroatoms. The summed E-state index contributed by atoms with van der Waals surface area (Å²) in [6.07, 6.45) is 8.44. The molecular weight excluding hydrogens is 232 g/mol. The lowest BCUT2D eigenvalue weighted by atomic mass is 9.78. The number of benzene rings is 1. The van der Waals surface area contributed by atoms with Gasteiger partial charge in [-0.15, -0.1) is 0 Å². The Morgan fingerprint density at radius 3 is 2.79 bits per heavy atom. The van der Waals surface area contributed by atoms with Crippen molar-refractivity contribution in [2.24, 2.45) is 11.7 Å². The molecule has 0 spiro atoms. The molecule has 2 N–H and O–H groups in total. The fourth-order valence-electron chi connectivity index (χ4n) is 4.20. The molecule has 3 rings (SSSR count). The lowest BCUT2D eigenvalue weighted by molar-refractivity contribution is 0.243. The van der Waals surface area contributed by atoms with Crippen LogP contribution >= 0.6 is 0 Å². The number of fused-ring (bicyclic) bond motifs is 1. The van der Waals surface area contributed by atoms with Crippen LogP contribution in [0.5, 0.6) is 0 Å². The number of piperidine rings is 1. The molecule has 0 radical (unpaired) electrons. The standard InChI is InChI=1S/C17H26N2/c1-13-6-4-8-15(12-18)17(13)19-11-5-9-14-7-2-3-10-16(14)19/h4,6,8,14,16H,2-3,5,7,9-12,18H2,1H3/t14-,16-/m1/s1. The average Bonchev–Trinajstić information content (AvgIpc) is 2.46. The van der Waals surface area contributed by atoms with Gasteiger partial charge in [0.1, 0.15) is 0 Å². The molecule has 0 amide bonds. The Hall–Kier alpha value is -1.02. The maximum absolute atomic E-state index is 5.97. The summed E-state index contributed by atoms with van der Waals surface area (Å²) in [5.74, 6) is 0.924. The topological polar surface area (TPSA) is 29.3 Å². The molecular formula is C17H26N2. The van der Waals surface area contributed by atoms with E-state index in [1.807, 2.05) is 0 Å². The van der Waals surface area contributed by atoms with E-state index in [1.54, 1.807) is 0 Å². The summed E-state index contributed by atoms with van der Waals surface area (Å²) in [6, 6.07) is 7.35. The fraction of sp³-hybridized carbons (Fsp3) is 0.647. The largest absolute Gasteiger partial charge is 0.368 e. The minimum atomic E-state index is 0.658. The highest BCUT2D eigenvalue weighted by Gasteiger charge is 2.34. The van der Waals surface area contributed by atoms with Crippen molar-refractivity contribution in [1.29, 1.82) is 0 Å². The lowest BCUT2D eigenvalue weighted by Gasteiger charge is -2.46. The molecule has 1 aromatic carbocycles. The maximum Gasteiger partial charge on any atom is 0.0444 e. The van der Waals surface area contributed by atoms with Crippen LogP contribution in [-0.2, 0) is 6.54 Å². The van der Waals surface area contributed by atoms with Gasteiger partial charge in [0.2, 0.25) is 0 Å². The van der Waals surface area contributed by atoms with Crippen molar-refractivity contribution in [2.75, 3.05) is 11.4 Å². The minimum absolute atomic E-state index is 0.658. The number of hydrogen-bond donors (Lipinski definition) is 1. The molecule has 1 saturated heterocycles. The van der Waals surface area contributed by atoms with E-state index >= 15 is 0 Å². The normalized spacial score (nSPS) is 27.2. The van der Waals surface area contributed by atoms with E-state index in [4.69, 9.17) is 5.73 Å². The van der Waals surface area contributed by atoms with E-state index in [1.165, 1.54) is 61.9 Å². The van der Waals surface area contributed by atoms with Crippen LogP contribution < -0.4 is 10.6 Å². The molecule has 1 aliphatic carbocycles. The Balaban J connectivity index is 1.96. The van der Waals surface area contributed by atoms with Gasteiger partial charge in [-0.25, -0.2) is 0 Å². The maximum atomic E-state index is 5.97. The highest BCUT2D eigenvalue weighted by Crippen LogP contribution is 2.39. The smallest absolute Gasteiger partial charge is 0.0444 e. The first kappa shape index (κ1) is 13.0. The van der Waals surface area contributed by atoms with Crippen molar-refractivity contribution in [1.82, 2.24) is 0 Å². The van der Waals surface area contributed by atoms with Gasteiger partial charge < -0.3 is 10.6 Å². The average molecular weight is 258 g/mol. The highest BCUT2D eigenvalue weighted by atomic mass is 15.2. The molecule has 1 saturated carbocycles. The Morgan fingerprint density at radius 2 is 1.95 bits per heavy atom.